The minimum Gasteiger partial charge on any atom is -0.492 e. The summed E-state index contributed by atoms with van der Waals surface area (Å²) in [5.74, 6) is 0.0248. The molecule has 3 aromatic rings. The van der Waals surface area contributed by atoms with Crippen LogP contribution in [-0.4, -0.2) is 61.3 Å². The lowest BCUT2D eigenvalue weighted by Gasteiger charge is -2.36. The normalized spacial score (nSPS) is 16.6. The highest BCUT2D eigenvalue weighted by molar-refractivity contribution is 7.89. The number of thiazole rings is 1. The van der Waals surface area contributed by atoms with Crippen molar-refractivity contribution in [2.24, 2.45) is 0 Å². The Morgan fingerprint density at radius 2 is 1.91 bits per heavy atom. The number of nitrogens with zero attached hydrogens (tertiary/aromatic N) is 3. The maximum Gasteiger partial charge on any atom is 0.246 e. The van der Waals surface area contributed by atoms with Crippen molar-refractivity contribution in [3.8, 4) is 5.75 Å². The Morgan fingerprint density at radius 1 is 1.18 bits per heavy atom. The highest BCUT2D eigenvalue weighted by atomic mass is 32.2. The largest absolute Gasteiger partial charge is 0.492 e. The van der Waals surface area contributed by atoms with Gasteiger partial charge >= 0.3 is 0 Å². The molecule has 2 heterocycles. The van der Waals surface area contributed by atoms with Crippen LogP contribution < -0.4 is 10.1 Å². The topological polar surface area (TPSA) is 91.8 Å². The number of piperazine rings is 1. The van der Waals surface area contributed by atoms with Crippen LogP contribution in [0.25, 0.3) is 10.2 Å². The maximum atomic E-state index is 13.5. The number of hydrogen-bond acceptors (Lipinski definition) is 7. The monoisotopic (exact) mass is 488 g/mol. The molecule has 1 amide bonds. The van der Waals surface area contributed by atoms with E-state index in [1.165, 1.54) is 17.3 Å². The predicted molar refractivity (Wildman–Crippen MR) is 130 cm³/mol. The molecule has 1 atom stereocenters. The standard InChI is InChI=1S/C23H28N4O4S2/c1-4-31-20-10-9-18(24-17(3)28)15-22(20)33(29,30)27-13-11-26(12-14-27)16(2)23-25-19-7-5-6-8-21(19)32-23/h5-10,15-16H,4,11-14H2,1-3H3,(H,24,28)/t16-/m1/s1. The summed E-state index contributed by atoms with van der Waals surface area (Å²) in [4.78, 5) is 18.5. The summed E-state index contributed by atoms with van der Waals surface area (Å²) >= 11 is 1.68. The Labute approximate surface area is 198 Å². The number of anilines is 1. The van der Waals surface area contributed by atoms with Crippen LogP contribution in [0.2, 0.25) is 0 Å². The first-order chi connectivity index (χ1) is 15.8. The molecule has 0 aliphatic carbocycles. The van der Waals surface area contributed by atoms with Crippen molar-refractivity contribution >= 4 is 43.2 Å². The molecule has 1 aromatic heterocycles. The fourth-order valence-corrected chi connectivity index (χ4v) is 6.59. The van der Waals surface area contributed by atoms with Gasteiger partial charge in [-0.1, -0.05) is 12.1 Å². The van der Waals surface area contributed by atoms with E-state index in [2.05, 4.69) is 23.2 Å². The quantitative estimate of drug-likeness (QED) is 0.545. The molecule has 0 unspecified atom stereocenters. The summed E-state index contributed by atoms with van der Waals surface area (Å²) in [7, 11) is -3.79. The van der Waals surface area contributed by atoms with Crippen molar-refractivity contribution < 1.29 is 17.9 Å². The number of amides is 1. The molecule has 0 spiro atoms. The van der Waals surface area contributed by atoms with Gasteiger partial charge < -0.3 is 10.1 Å². The van der Waals surface area contributed by atoms with Gasteiger partial charge in [-0.15, -0.1) is 11.3 Å². The summed E-state index contributed by atoms with van der Waals surface area (Å²) < 4.78 is 35.2. The van der Waals surface area contributed by atoms with E-state index in [1.807, 2.05) is 18.2 Å². The van der Waals surface area contributed by atoms with Crippen LogP contribution >= 0.6 is 11.3 Å². The number of benzene rings is 2. The van der Waals surface area contributed by atoms with Crippen LogP contribution in [0.5, 0.6) is 5.75 Å². The lowest BCUT2D eigenvalue weighted by atomic mass is 10.2. The second-order valence-electron chi connectivity index (χ2n) is 7.91. The number of rotatable bonds is 7. The van der Waals surface area contributed by atoms with Gasteiger partial charge in [-0.3, -0.25) is 9.69 Å². The van der Waals surface area contributed by atoms with Crippen molar-refractivity contribution in [1.82, 2.24) is 14.2 Å². The fraction of sp³-hybridized carbons (Fsp3) is 0.391. The molecule has 10 heteroatoms. The van der Waals surface area contributed by atoms with Crippen molar-refractivity contribution in [1.29, 1.82) is 0 Å². The first-order valence-electron chi connectivity index (χ1n) is 10.9. The van der Waals surface area contributed by atoms with Gasteiger partial charge in [0.05, 0.1) is 22.9 Å². The van der Waals surface area contributed by atoms with Crippen LogP contribution in [0.15, 0.2) is 47.4 Å². The number of hydrogen-bond donors (Lipinski definition) is 1. The van der Waals surface area contributed by atoms with E-state index in [0.29, 0.717) is 38.5 Å². The number of nitrogens with one attached hydrogen (secondary N) is 1. The number of para-hydroxylation sites is 1. The minimum atomic E-state index is -3.79. The summed E-state index contributed by atoms with van der Waals surface area (Å²) in [5.41, 5.74) is 1.42. The molecule has 33 heavy (non-hydrogen) atoms. The SMILES string of the molecule is CCOc1ccc(NC(C)=O)cc1S(=O)(=O)N1CCN([C@H](C)c2nc3ccccc3s2)CC1. The predicted octanol–water partition coefficient (Wildman–Crippen LogP) is 3.72. The van der Waals surface area contributed by atoms with Gasteiger partial charge in [0.15, 0.2) is 0 Å². The van der Waals surface area contributed by atoms with E-state index < -0.39 is 10.0 Å². The molecule has 1 saturated heterocycles. The minimum absolute atomic E-state index is 0.0725. The number of fused-ring (bicyclic) bond motifs is 1. The Morgan fingerprint density at radius 3 is 2.58 bits per heavy atom. The van der Waals surface area contributed by atoms with Crippen LogP contribution in [0.3, 0.4) is 0 Å². The van der Waals surface area contributed by atoms with Gasteiger partial charge in [0, 0.05) is 38.8 Å². The van der Waals surface area contributed by atoms with E-state index in [9.17, 15) is 13.2 Å². The number of carbonyl (C=O) groups excluding carboxylic acids is 1. The summed E-state index contributed by atoms with van der Waals surface area (Å²) in [6.45, 7) is 7.59. The molecule has 2 aromatic carbocycles. The molecule has 8 nitrogen and oxygen atoms in total. The molecule has 0 saturated carbocycles. The number of carbonyl (C=O) groups is 1. The van der Waals surface area contributed by atoms with E-state index in [1.54, 1.807) is 30.4 Å². The highest BCUT2D eigenvalue weighted by Gasteiger charge is 2.33. The van der Waals surface area contributed by atoms with Crippen LogP contribution in [0.1, 0.15) is 31.8 Å². The zero-order valence-electron chi connectivity index (χ0n) is 18.9. The van der Waals surface area contributed by atoms with Crippen LogP contribution in [0.4, 0.5) is 5.69 Å². The smallest absolute Gasteiger partial charge is 0.246 e. The van der Waals surface area contributed by atoms with Gasteiger partial charge in [0.1, 0.15) is 15.7 Å². The Balaban J connectivity index is 1.51. The molecule has 1 aliphatic heterocycles. The van der Waals surface area contributed by atoms with Crippen LogP contribution in [-0.2, 0) is 14.8 Å². The lowest BCUT2D eigenvalue weighted by Crippen LogP contribution is -2.49. The van der Waals surface area contributed by atoms with E-state index >= 15 is 0 Å². The van der Waals surface area contributed by atoms with Crippen molar-refractivity contribution in [2.75, 3.05) is 38.1 Å². The molecular formula is C23H28N4O4S2. The molecule has 4 rings (SSSR count). The first-order valence-corrected chi connectivity index (χ1v) is 13.2. The van der Waals surface area contributed by atoms with Crippen molar-refractivity contribution in [2.45, 2.75) is 31.7 Å². The molecule has 1 aliphatic rings. The molecular weight excluding hydrogens is 460 g/mol. The third-order valence-corrected chi connectivity index (χ3v) is 8.80. The van der Waals surface area contributed by atoms with E-state index in [-0.39, 0.29) is 22.6 Å². The van der Waals surface area contributed by atoms with Gasteiger partial charge in [0.2, 0.25) is 15.9 Å². The van der Waals surface area contributed by atoms with Crippen molar-refractivity contribution in [3.05, 3.63) is 47.5 Å². The third-order valence-electron chi connectivity index (χ3n) is 5.67. The van der Waals surface area contributed by atoms with Crippen LogP contribution in [0, 0.1) is 0 Å². The molecule has 0 radical (unpaired) electrons. The number of aromatic nitrogens is 1. The van der Waals surface area contributed by atoms with Gasteiger partial charge in [-0.05, 0) is 44.2 Å². The fourth-order valence-electron chi connectivity index (χ4n) is 3.96. The van der Waals surface area contributed by atoms with E-state index in [4.69, 9.17) is 9.72 Å². The average molecular weight is 489 g/mol. The van der Waals surface area contributed by atoms with Gasteiger partial charge in [-0.2, -0.15) is 4.31 Å². The summed E-state index contributed by atoms with van der Waals surface area (Å²) in [6, 6.07) is 12.9. The molecule has 176 valence electrons. The van der Waals surface area contributed by atoms with E-state index in [0.717, 1.165) is 15.2 Å². The van der Waals surface area contributed by atoms with Crippen molar-refractivity contribution in [3.63, 3.8) is 0 Å². The highest BCUT2D eigenvalue weighted by Crippen LogP contribution is 2.33. The Hall–Kier alpha value is -2.53. The Kier molecular flexibility index (Phi) is 6.99. The summed E-state index contributed by atoms with van der Waals surface area (Å²) in [6.07, 6.45) is 0. The zero-order chi connectivity index (χ0) is 23.6. The number of sulfonamides is 1. The average Bonchev–Trinajstić information content (AvgIpc) is 3.24. The lowest BCUT2D eigenvalue weighted by molar-refractivity contribution is -0.114. The Bertz CT molecular complexity index is 1220. The molecule has 0 bridgehead atoms. The molecule has 1 fully saturated rings. The summed E-state index contributed by atoms with van der Waals surface area (Å²) in [5, 5.41) is 3.69. The number of ether oxygens (including phenoxy) is 1. The third kappa shape index (κ3) is 5.03. The first kappa shape index (κ1) is 23.6. The second kappa shape index (κ2) is 9.76. The second-order valence-corrected chi connectivity index (χ2v) is 10.9. The zero-order valence-corrected chi connectivity index (χ0v) is 20.6. The maximum absolute atomic E-state index is 13.5. The van der Waals surface area contributed by atoms with Gasteiger partial charge in [0.25, 0.3) is 0 Å². The molecule has 1 N–H and O–H groups in total. The van der Waals surface area contributed by atoms with Gasteiger partial charge in [-0.25, -0.2) is 13.4 Å².